The van der Waals surface area contributed by atoms with Crippen LogP contribution in [0, 0.1) is 5.92 Å². The molecule has 2 fully saturated rings. The molecule has 1 saturated heterocycles. The maximum absolute atomic E-state index is 4.83. The highest BCUT2D eigenvalue weighted by molar-refractivity contribution is 8.14. The van der Waals surface area contributed by atoms with Gasteiger partial charge in [0.05, 0.1) is 0 Å². The molecule has 17 heavy (non-hydrogen) atoms. The van der Waals surface area contributed by atoms with E-state index in [2.05, 4.69) is 39.5 Å². The number of hydrogen-bond acceptors (Lipinski definition) is 2. The fraction of sp³-hybridized carbons (Fsp3) is 0.929. The molecule has 98 valence electrons. The molecule has 3 heteroatoms. The first kappa shape index (κ1) is 13.3. The van der Waals surface area contributed by atoms with Crippen LogP contribution in [-0.4, -0.2) is 33.4 Å². The van der Waals surface area contributed by atoms with Crippen LogP contribution in [0.2, 0.25) is 0 Å². The van der Waals surface area contributed by atoms with Crippen molar-refractivity contribution >= 4 is 16.9 Å². The molecule has 2 rings (SSSR count). The number of nitrogens with zero attached hydrogens (tertiary/aromatic N) is 2. The van der Waals surface area contributed by atoms with Gasteiger partial charge in [0.2, 0.25) is 0 Å². The molecule has 0 aromatic rings. The van der Waals surface area contributed by atoms with Gasteiger partial charge in [0.1, 0.15) is 0 Å². The third-order valence-corrected chi connectivity index (χ3v) is 5.12. The molecule has 3 atom stereocenters. The SMILES string of the molecule is CC1CCC2C(C1)SC(=NC(C)C)N2C(C)C. The third kappa shape index (κ3) is 2.81. The van der Waals surface area contributed by atoms with E-state index in [0.717, 1.165) is 17.2 Å². The lowest BCUT2D eigenvalue weighted by molar-refractivity contribution is 0.204. The van der Waals surface area contributed by atoms with Gasteiger partial charge in [-0.1, -0.05) is 18.7 Å². The molecule has 0 aromatic heterocycles. The molecule has 0 bridgehead atoms. The predicted octanol–water partition coefficient (Wildman–Crippen LogP) is 3.77. The average Bonchev–Trinajstić information content (AvgIpc) is 2.53. The number of rotatable bonds is 2. The fourth-order valence-electron chi connectivity index (χ4n) is 3.02. The summed E-state index contributed by atoms with van der Waals surface area (Å²) in [7, 11) is 0. The molecular formula is C14H26N2S. The molecule has 0 radical (unpaired) electrons. The third-order valence-electron chi connectivity index (χ3n) is 3.78. The van der Waals surface area contributed by atoms with Crippen LogP contribution in [0.3, 0.4) is 0 Å². The molecule has 0 aromatic carbocycles. The van der Waals surface area contributed by atoms with Crippen molar-refractivity contribution in [1.29, 1.82) is 0 Å². The van der Waals surface area contributed by atoms with Gasteiger partial charge in [-0.05, 0) is 52.9 Å². The van der Waals surface area contributed by atoms with Gasteiger partial charge >= 0.3 is 0 Å². The molecular weight excluding hydrogens is 228 g/mol. The summed E-state index contributed by atoms with van der Waals surface area (Å²) in [6.07, 6.45) is 4.11. The van der Waals surface area contributed by atoms with Crippen molar-refractivity contribution < 1.29 is 0 Å². The van der Waals surface area contributed by atoms with Crippen molar-refractivity contribution in [3.8, 4) is 0 Å². The van der Waals surface area contributed by atoms with E-state index in [1.54, 1.807) is 0 Å². The summed E-state index contributed by atoms with van der Waals surface area (Å²) < 4.78 is 0. The number of hydrogen-bond donors (Lipinski definition) is 0. The highest BCUT2D eigenvalue weighted by Gasteiger charge is 2.42. The Kier molecular flexibility index (Phi) is 4.06. The normalized spacial score (nSPS) is 36.1. The largest absolute Gasteiger partial charge is 0.345 e. The van der Waals surface area contributed by atoms with Gasteiger partial charge in [-0.3, -0.25) is 4.99 Å². The zero-order chi connectivity index (χ0) is 12.6. The number of thioether (sulfide) groups is 1. The Morgan fingerprint density at radius 3 is 2.53 bits per heavy atom. The van der Waals surface area contributed by atoms with Crippen LogP contribution in [-0.2, 0) is 0 Å². The minimum absolute atomic E-state index is 0.413. The van der Waals surface area contributed by atoms with E-state index in [9.17, 15) is 0 Å². The standard InChI is InChI=1S/C14H26N2S/c1-9(2)15-14-16(10(3)4)12-7-6-11(5)8-13(12)17-14/h9-13H,6-8H2,1-5H3. The maximum Gasteiger partial charge on any atom is 0.160 e. The van der Waals surface area contributed by atoms with E-state index in [1.165, 1.54) is 24.4 Å². The molecule has 0 N–H and O–H groups in total. The minimum atomic E-state index is 0.413. The van der Waals surface area contributed by atoms with Crippen LogP contribution in [0.15, 0.2) is 4.99 Å². The van der Waals surface area contributed by atoms with E-state index in [4.69, 9.17) is 4.99 Å². The summed E-state index contributed by atoms with van der Waals surface area (Å²) in [5.74, 6) is 0.899. The van der Waals surface area contributed by atoms with Gasteiger partial charge in [0, 0.05) is 23.4 Å². The Morgan fingerprint density at radius 2 is 1.94 bits per heavy atom. The topological polar surface area (TPSA) is 15.6 Å². The highest BCUT2D eigenvalue weighted by Crippen LogP contribution is 2.43. The van der Waals surface area contributed by atoms with Crippen LogP contribution in [0.25, 0.3) is 0 Å². The van der Waals surface area contributed by atoms with E-state index in [0.29, 0.717) is 12.1 Å². The van der Waals surface area contributed by atoms with Crippen molar-refractivity contribution in [2.24, 2.45) is 10.9 Å². The van der Waals surface area contributed by atoms with E-state index >= 15 is 0 Å². The van der Waals surface area contributed by atoms with Gasteiger partial charge < -0.3 is 4.90 Å². The van der Waals surface area contributed by atoms with Crippen LogP contribution < -0.4 is 0 Å². The molecule has 3 unspecified atom stereocenters. The fourth-order valence-corrected chi connectivity index (χ4v) is 4.88. The van der Waals surface area contributed by atoms with Crippen molar-refractivity contribution in [2.75, 3.05) is 0 Å². The number of fused-ring (bicyclic) bond motifs is 1. The Morgan fingerprint density at radius 1 is 1.24 bits per heavy atom. The lowest BCUT2D eigenvalue weighted by Crippen LogP contribution is -2.44. The van der Waals surface area contributed by atoms with Gasteiger partial charge in [-0.2, -0.15) is 0 Å². The van der Waals surface area contributed by atoms with Gasteiger partial charge in [0.15, 0.2) is 5.17 Å². The van der Waals surface area contributed by atoms with Crippen LogP contribution in [0.5, 0.6) is 0 Å². The zero-order valence-corrected chi connectivity index (χ0v) is 12.6. The van der Waals surface area contributed by atoms with Crippen molar-refractivity contribution in [3.63, 3.8) is 0 Å². The summed E-state index contributed by atoms with van der Waals surface area (Å²) in [4.78, 5) is 7.42. The molecule has 2 aliphatic rings. The van der Waals surface area contributed by atoms with E-state index < -0.39 is 0 Å². The Balaban J connectivity index is 2.19. The zero-order valence-electron chi connectivity index (χ0n) is 11.8. The van der Waals surface area contributed by atoms with Crippen molar-refractivity contribution in [1.82, 2.24) is 4.90 Å². The first-order chi connectivity index (χ1) is 7.99. The van der Waals surface area contributed by atoms with Crippen molar-refractivity contribution in [3.05, 3.63) is 0 Å². The predicted molar refractivity (Wildman–Crippen MR) is 77.7 cm³/mol. The van der Waals surface area contributed by atoms with Crippen molar-refractivity contribution in [2.45, 2.75) is 77.3 Å². The summed E-state index contributed by atoms with van der Waals surface area (Å²) in [5, 5.41) is 2.10. The van der Waals surface area contributed by atoms with E-state index in [1.807, 2.05) is 11.8 Å². The van der Waals surface area contributed by atoms with Crippen LogP contribution in [0.4, 0.5) is 0 Å². The Hall–Kier alpha value is -0.180. The molecule has 1 heterocycles. The number of aliphatic imine (C=N–C) groups is 1. The molecule has 1 aliphatic heterocycles. The lowest BCUT2D eigenvalue weighted by atomic mass is 9.86. The summed E-state index contributed by atoms with van der Waals surface area (Å²) >= 11 is 2.04. The van der Waals surface area contributed by atoms with E-state index in [-0.39, 0.29) is 0 Å². The smallest absolute Gasteiger partial charge is 0.160 e. The van der Waals surface area contributed by atoms with Crippen LogP contribution in [0.1, 0.15) is 53.9 Å². The molecule has 2 nitrogen and oxygen atoms in total. The quantitative estimate of drug-likeness (QED) is 0.745. The van der Waals surface area contributed by atoms with Gasteiger partial charge in [-0.15, -0.1) is 0 Å². The second-order valence-electron chi connectivity index (χ2n) is 6.15. The molecule has 0 spiro atoms. The average molecular weight is 254 g/mol. The second kappa shape index (κ2) is 5.21. The summed E-state index contributed by atoms with van der Waals surface area (Å²) in [5.41, 5.74) is 0. The van der Waals surface area contributed by atoms with Gasteiger partial charge in [0.25, 0.3) is 0 Å². The molecule has 1 aliphatic carbocycles. The molecule has 0 amide bonds. The Labute approximate surface area is 110 Å². The summed E-state index contributed by atoms with van der Waals surface area (Å²) in [6, 6.07) is 1.74. The number of amidine groups is 1. The minimum Gasteiger partial charge on any atom is -0.345 e. The lowest BCUT2D eigenvalue weighted by Gasteiger charge is -2.36. The summed E-state index contributed by atoms with van der Waals surface area (Å²) in [6.45, 7) is 11.4. The van der Waals surface area contributed by atoms with Gasteiger partial charge in [-0.25, -0.2) is 0 Å². The Bertz CT molecular complexity index is 299. The highest BCUT2D eigenvalue weighted by atomic mass is 32.2. The maximum atomic E-state index is 4.83. The first-order valence-electron chi connectivity index (χ1n) is 7.01. The second-order valence-corrected chi connectivity index (χ2v) is 7.35. The first-order valence-corrected chi connectivity index (χ1v) is 7.89. The monoisotopic (exact) mass is 254 g/mol. The molecule has 1 saturated carbocycles. The van der Waals surface area contributed by atoms with Crippen LogP contribution >= 0.6 is 11.8 Å².